The first kappa shape index (κ1) is 8.05. The molecule has 0 atom stereocenters. The van der Waals surface area contributed by atoms with E-state index in [1.165, 1.54) is 18.3 Å². The van der Waals surface area contributed by atoms with Crippen LogP contribution in [0.2, 0.25) is 9.36 Å². The van der Waals surface area contributed by atoms with Crippen molar-refractivity contribution in [3.8, 4) is 0 Å². The van der Waals surface area contributed by atoms with Gasteiger partial charge in [-0.25, -0.2) is 0 Å². The molecule has 1 rings (SSSR count). The van der Waals surface area contributed by atoms with Crippen LogP contribution in [0, 0.1) is 0 Å². The molecule has 0 bridgehead atoms. The molecule has 1 aromatic heterocycles. The Kier molecular flexibility index (Phi) is 2.34. The molecule has 10 heavy (non-hydrogen) atoms. The van der Waals surface area contributed by atoms with Crippen LogP contribution >= 0.6 is 34.5 Å². The summed E-state index contributed by atoms with van der Waals surface area (Å²) in [4.78, 5) is 11.3. The molecule has 0 unspecified atom stereocenters. The van der Waals surface area contributed by atoms with E-state index < -0.39 is 0 Å². The number of Topliss-reactive ketones (excluding diaryl/α,β-unsaturated/α-hetero) is 1. The van der Waals surface area contributed by atoms with E-state index in [4.69, 9.17) is 23.2 Å². The standard InChI is InChI=1S/C6H4Cl2OS/c1-3(9)6-4(7)2-5(8)10-6/h2H,1H3. The lowest BCUT2D eigenvalue weighted by Gasteiger charge is -1.85. The second-order valence-corrected chi connectivity index (χ2v) is 3.87. The first-order valence-electron chi connectivity index (χ1n) is 2.57. The topological polar surface area (TPSA) is 17.1 Å². The summed E-state index contributed by atoms with van der Waals surface area (Å²) in [5.74, 6) is -0.0399. The first-order chi connectivity index (χ1) is 4.61. The maximum absolute atomic E-state index is 10.7. The van der Waals surface area contributed by atoms with E-state index in [1.54, 1.807) is 6.07 Å². The van der Waals surface area contributed by atoms with Crippen LogP contribution in [-0.4, -0.2) is 5.78 Å². The van der Waals surface area contributed by atoms with Gasteiger partial charge in [0.1, 0.15) is 0 Å². The maximum atomic E-state index is 10.7. The van der Waals surface area contributed by atoms with Gasteiger partial charge < -0.3 is 0 Å². The molecule has 0 N–H and O–H groups in total. The van der Waals surface area contributed by atoms with Crippen molar-refractivity contribution in [2.75, 3.05) is 0 Å². The van der Waals surface area contributed by atoms with E-state index >= 15 is 0 Å². The highest BCUT2D eigenvalue weighted by atomic mass is 35.5. The molecule has 0 spiro atoms. The van der Waals surface area contributed by atoms with Crippen molar-refractivity contribution in [2.24, 2.45) is 0 Å². The number of rotatable bonds is 1. The van der Waals surface area contributed by atoms with Gasteiger partial charge in [-0.15, -0.1) is 11.3 Å². The van der Waals surface area contributed by atoms with E-state index in [-0.39, 0.29) is 5.78 Å². The van der Waals surface area contributed by atoms with E-state index in [1.807, 2.05) is 0 Å². The SMILES string of the molecule is CC(=O)c1sc(Cl)cc1Cl. The molecule has 0 amide bonds. The predicted molar refractivity (Wildman–Crippen MR) is 44.3 cm³/mol. The summed E-state index contributed by atoms with van der Waals surface area (Å²) in [5, 5.41) is 0.447. The lowest BCUT2D eigenvalue weighted by Crippen LogP contribution is -1.85. The zero-order chi connectivity index (χ0) is 7.72. The molecule has 0 radical (unpaired) electrons. The molecule has 0 aliphatic rings. The molecular weight excluding hydrogens is 191 g/mol. The fraction of sp³-hybridized carbons (Fsp3) is 0.167. The molecular formula is C6H4Cl2OS. The molecule has 0 saturated heterocycles. The molecule has 4 heteroatoms. The average Bonchev–Trinajstić information content (AvgIpc) is 2.10. The van der Waals surface area contributed by atoms with E-state index in [9.17, 15) is 4.79 Å². The average molecular weight is 195 g/mol. The number of hydrogen-bond donors (Lipinski definition) is 0. The van der Waals surface area contributed by atoms with Gasteiger partial charge >= 0.3 is 0 Å². The summed E-state index contributed by atoms with van der Waals surface area (Å²) in [7, 11) is 0. The largest absolute Gasteiger partial charge is 0.294 e. The van der Waals surface area contributed by atoms with Gasteiger partial charge in [-0.1, -0.05) is 23.2 Å². The number of carbonyl (C=O) groups excluding carboxylic acids is 1. The zero-order valence-electron chi connectivity index (χ0n) is 5.15. The van der Waals surface area contributed by atoms with Gasteiger partial charge in [0, 0.05) is 6.92 Å². The van der Waals surface area contributed by atoms with Crippen molar-refractivity contribution in [1.82, 2.24) is 0 Å². The number of ketones is 1. The van der Waals surface area contributed by atoms with Gasteiger partial charge in [-0.2, -0.15) is 0 Å². The Morgan fingerprint density at radius 3 is 2.40 bits per heavy atom. The molecule has 0 saturated carbocycles. The Labute approximate surface area is 72.6 Å². The van der Waals surface area contributed by atoms with Crippen LogP contribution in [0.15, 0.2) is 6.07 Å². The molecule has 1 nitrogen and oxygen atoms in total. The van der Waals surface area contributed by atoms with Crippen LogP contribution in [0.4, 0.5) is 0 Å². The third kappa shape index (κ3) is 1.51. The second kappa shape index (κ2) is 2.91. The normalized spacial score (nSPS) is 9.90. The van der Waals surface area contributed by atoms with Crippen LogP contribution < -0.4 is 0 Å². The van der Waals surface area contributed by atoms with Gasteiger partial charge in [0.15, 0.2) is 5.78 Å². The number of hydrogen-bond acceptors (Lipinski definition) is 2. The van der Waals surface area contributed by atoms with Crippen molar-refractivity contribution in [3.63, 3.8) is 0 Å². The summed E-state index contributed by atoms with van der Waals surface area (Å²) >= 11 is 12.4. The van der Waals surface area contributed by atoms with Crippen molar-refractivity contribution in [3.05, 3.63) is 20.3 Å². The predicted octanol–water partition coefficient (Wildman–Crippen LogP) is 3.26. The Balaban J connectivity index is 3.15. The fourth-order valence-corrected chi connectivity index (χ4v) is 2.07. The minimum absolute atomic E-state index is 0.0399. The Morgan fingerprint density at radius 2 is 2.20 bits per heavy atom. The Bertz CT molecular complexity index is 267. The van der Waals surface area contributed by atoms with Crippen LogP contribution in [-0.2, 0) is 0 Å². The molecule has 0 fully saturated rings. The smallest absolute Gasteiger partial charge is 0.171 e. The molecule has 0 aliphatic heterocycles. The van der Waals surface area contributed by atoms with E-state index in [0.29, 0.717) is 14.2 Å². The summed E-state index contributed by atoms with van der Waals surface area (Å²) in [5.41, 5.74) is 0. The highest BCUT2D eigenvalue weighted by Crippen LogP contribution is 2.30. The van der Waals surface area contributed by atoms with Gasteiger partial charge in [0.25, 0.3) is 0 Å². The monoisotopic (exact) mass is 194 g/mol. The van der Waals surface area contributed by atoms with Crippen LogP contribution in [0.3, 0.4) is 0 Å². The van der Waals surface area contributed by atoms with Crippen molar-refractivity contribution < 1.29 is 4.79 Å². The summed E-state index contributed by atoms with van der Waals surface area (Å²) < 4.78 is 0.551. The molecule has 0 aliphatic carbocycles. The van der Waals surface area contributed by atoms with Crippen LogP contribution in [0.5, 0.6) is 0 Å². The minimum Gasteiger partial charge on any atom is -0.294 e. The summed E-state index contributed by atoms with van der Waals surface area (Å²) in [6.45, 7) is 1.47. The van der Waals surface area contributed by atoms with Crippen LogP contribution in [0.25, 0.3) is 0 Å². The summed E-state index contributed by atoms with van der Waals surface area (Å²) in [6, 6.07) is 1.57. The molecule has 1 heterocycles. The van der Waals surface area contributed by atoms with Gasteiger partial charge in [-0.05, 0) is 6.07 Å². The van der Waals surface area contributed by atoms with E-state index in [0.717, 1.165) is 0 Å². The highest BCUT2D eigenvalue weighted by molar-refractivity contribution is 7.18. The fourth-order valence-electron chi connectivity index (χ4n) is 0.581. The Hall–Kier alpha value is -0.0500. The maximum Gasteiger partial charge on any atom is 0.171 e. The highest BCUT2D eigenvalue weighted by Gasteiger charge is 2.08. The molecule has 54 valence electrons. The molecule has 0 aromatic carbocycles. The van der Waals surface area contributed by atoms with Gasteiger partial charge in [-0.3, -0.25) is 4.79 Å². The van der Waals surface area contributed by atoms with Crippen molar-refractivity contribution >= 4 is 40.3 Å². The van der Waals surface area contributed by atoms with Gasteiger partial charge in [0.2, 0.25) is 0 Å². The molecule has 1 aromatic rings. The van der Waals surface area contributed by atoms with Crippen molar-refractivity contribution in [1.29, 1.82) is 0 Å². The third-order valence-electron chi connectivity index (χ3n) is 0.976. The second-order valence-electron chi connectivity index (χ2n) is 1.78. The number of halogens is 2. The third-order valence-corrected chi connectivity index (χ3v) is 2.75. The van der Waals surface area contributed by atoms with Crippen molar-refractivity contribution in [2.45, 2.75) is 6.92 Å². The van der Waals surface area contributed by atoms with E-state index in [2.05, 4.69) is 0 Å². The lowest BCUT2D eigenvalue weighted by atomic mass is 10.4. The quantitative estimate of drug-likeness (QED) is 0.628. The number of thiophene rings is 1. The first-order valence-corrected chi connectivity index (χ1v) is 4.14. The summed E-state index contributed by atoms with van der Waals surface area (Å²) in [6.07, 6.45) is 0. The minimum atomic E-state index is -0.0399. The Morgan fingerprint density at radius 1 is 1.60 bits per heavy atom. The lowest BCUT2D eigenvalue weighted by molar-refractivity contribution is 0.102. The zero-order valence-corrected chi connectivity index (χ0v) is 7.48. The van der Waals surface area contributed by atoms with Gasteiger partial charge in [0.05, 0.1) is 14.2 Å². The van der Waals surface area contributed by atoms with Crippen LogP contribution in [0.1, 0.15) is 16.6 Å². The number of carbonyl (C=O) groups is 1.